The maximum Gasteiger partial charge on any atom is 0.325 e. The van der Waals surface area contributed by atoms with Gasteiger partial charge < -0.3 is 37.0 Å². The number of rotatable bonds is 12. The monoisotopic (exact) mass is 404 g/mol. The third kappa shape index (κ3) is 8.77. The third-order valence-electron chi connectivity index (χ3n) is 3.85. The van der Waals surface area contributed by atoms with E-state index in [4.69, 9.17) is 15.9 Å². The van der Waals surface area contributed by atoms with Crippen LogP contribution < -0.4 is 21.7 Å². The van der Waals surface area contributed by atoms with Crippen LogP contribution in [0.25, 0.3) is 0 Å². The number of carbonyl (C=O) groups excluding carboxylic acids is 3. The number of nitrogens with one attached hydrogen (secondary N) is 3. The molecule has 12 heteroatoms. The van der Waals surface area contributed by atoms with Gasteiger partial charge in [-0.2, -0.15) is 0 Å². The Bertz CT molecular complexity index is 595. The first-order chi connectivity index (χ1) is 12.9. The number of carbonyl (C=O) groups is 5. The molecule has 0 saturated carbocycles. The van der Waals surface area contributed by atoms with E-state index in [2.05, 4.69) is 16.0 Å². The summed E-state index contributed by atoms with van der Waals surface area (Å²) in [6, 6.07) is -5.00. The fourth-order valence-corrected chi connectivity index (χ4v) is 1.95. The van der Waals surface area contributed by atoms with E-state index in [1.807, 2.05) is 0 Å². The molecule has 12 nitrogen and oxygen atoms in total. The van der Waals surface area contributed by atoms with Crippen molar-refractivity contribution in [2.45, 2.75) is 57.8 Å². The lowest BCUT2D eigenvalue weighted by molar-refractivity contribution is -0.142. The van der Waals surface area contributed by atoms with E-state index >= 15 is 0 Å². The highest BCUT2D eigenvalue weighted by Crippen LogP contribution is 2.02. The van der Waals surface area contributed by atoms with Gasteiger partial charge in [-0.05, 0) is 19.3 Å². The molecule has 0 heterocycles. The number of hydrogen-bond donors (Lipinski definition) is 7. The first-order valence-electron chi connectivity index (χ1n) is 8.62. The Balaban J connectivity index is 5.16. The van der Waals surface area contributed by atoms with Crippen LogP contribution in [0, 0.1) is 5.92 Å². The van der Waals surface area contributed by atoms with Crippen molar-refractivity contribution < 1.29 is 39.3 Å². The second-order valence-electron chi connectivity index (χ2n) is 6.58. The molecule has 0 aromatic heterocycles. The van der Waals surface area contributed by atoms with Crippen LogP contribution in [0.1, 0.15) is 33.6 Å². The zero-order valence-electron chi connectivity index (χ0n) is 16.0. The summed E-state index contributed by atoms with van der Waals surface area (Å²) in [5.41, 5.74) is 5.67. The van der Waals surface area contributed by atoms with Gasteiger partial charge >= 0.3 is 11.9 Å². The van der Waals surface area contributed by atoms with E-state index in [0.29, 0.717) is 0 Å². The predicted octanol–water partition coefficient (Wildman–Crippen LogP) is -2.61. The summed E-state index contributed by atoms with van der Waals surface area (Å²) in [6.07, 6.45) is -0.801. The number of carboxylic acid groups (broad SMARTS) is 2. The van der Waals surface area contributed by atoms with Gasteiger partial charge in [0.15, 0.2) is 0 Å². The average Bonchev–Trinajstić information content (AvgIpc) is 2.61. The molecule has 0 bridgehead atoms. The van der Waals surface area contributed by atoms with Gasteiger partial charge in [0.1, 0.15) is 18.1 Å². The first-order valence-corrected chi connectivity index (χ1v) is 8.62. The molecular formula is C16H28N4O8. The smallest absolute Gasteiger partial charge is 0.325 e. The minimum Gasteiger partial charge on any atom is -0.481 e. The molecule has 0 aromatic rings. The van der Waals surface area contributed by atoms with Gasteiger partial charge in [-0.15, -0.1) is 0 Å². The molecule has 28 heavy (non-hydrogen) atoms. The summed E-state index contributed by atoms with van der Waals surface area (Å²) in [5, 5.41) is 33.6. The number of hydrogen-bond acceptors (Lipinski definition) is 7. The summed E-state index contributed by atoms with van der Waals surface area (Å²) in [7, 11) is 0. The summed E-state index contributed by atoms with van der Waals surface area (Å²) in [5.74, 6) is -5.32. The summed E-state index contributed by atoms with van der Waals surface area (Å²) >= 11 is 0. The maximum absolute atomic E-state index is 12.3. The van der Waals surface area contributed by atoms with Crippen LogP contribution in [-0.2, 0) is 24.0 Å². The third-order valence-corrected chi connectivity index (χ3v) is 3.85. The van der Waals surface area contributed by atoms with Gasteiger partial charge in [0.2, 0.25) is 17.7 Å². The molecule has 0 radical (unpaired) electrons. The molecule has 0 fully saturated rings. The number of aliphatic carboxylic acids is 2. The average molecular weight is 404 g/mol. The second kappa shape index (κ2) is 11.9. The highest BCUT2D eigenvalue weighted by molar-refractivity contribution is 5.94. The lowest BCUT2D eigenvalue weighted by Gasteiger charge is -2.24. The topological polar surface area (TPSA) is 208 Å². The zero-order valence-corrected chi connectivity index (χ0v) is 16.0. The lowest BCUT2D eigenvalue weighted by Crippen LogP contribution is -2.58. The molecule has 0 aliphatic carbocycles. The van der Waals surface area contributed by atoms with Crippen LogP contribution in [0.3, 0.4) is 0 Å². The fraction of sp³-hybridized carbons (Fsp3) is 0.688. The largest absolute Gasteiger partial charge is 0.481 e. The van der Waals surface area contributed by atoms with Crippen LogP contribution in [0.15, 0.2) is 0 Å². The maximum atomic E-state index is 12.3. The summed E-state index contributed by atoms with van der Waals surface area (Å²) in [6.45, 7) is 3.78. The molecule has 0 saturated heterocycles. The van der Waals surface area contributed by atoms with E-state index in [0.717, 1.165) is 0 Å². The second-order valence-corrected chi connectivity index (χ2v) is 6.58. The van der Waals surface area contributed by atoms with Crippen molar-refractivity contribution in [3.05, 3.63) is 0 Å². The number of aliphatic hydroxyl groups excluding tert-OH is 1. The van der Waals surface area contributed by atoms with Crippen molar-refractivity contribution in [1.29, 1.82) is 0 Å². The predicted molar refractivity (Wildman–Crippen MR) is 95.9 cm³/mol. The highest BCUT2D eigenvalue weighted by atomic mass is 16.4. The molecule has 0 aliphatic rings. The van der Waals surface area contributed by atoms with Crippen LogP contribution in [0.4, 0.5) is 0 Å². The molecule has 4 unspecified atom stereocenters. The van der Waals surface area contributed by atoms with E-state index in [-0.39, 0.29) is 12.3 Å². The zero-order chi connectivity index (χ0) is 22.0. The molecule has 0 aromatic carbocycles. The molecule has 160 valence electrons. The van der Waals surface area contributed by atoms with Crippen molar-refractivity contribution in [1.82, 2.24) is 16.0 Å². The number of amides is 3. The molecular weight excluding hydrogens is 376 g/mol. The quantitative estimate of drug-likeness (QED) is 0.181. The number of aliphatic hydroxyl groups is 1. The van der Waals surface area contributed by atoms with Gasteiger partial charge in [-0.3, -0.25) is 24.0 Å². The van der Waals surface area contributed by atoms with Crippen molar-refractivity contribution in [3.63, 3.8) is 0 Å². The lowest BCUT2D eigenvalue weighted by atomic mass is 10.0. The minimum absolute atomic E-state index is 0.228. The molecule has 0 rings (SSSR count). The molecule has 4 atom stereocenters. The number of nitrogens with two attached hydrogens (primary N) is 1. The van der Waals surface area contributed by atoms with E-state index in [1.54, 1.807) is 13.8 Å². The Kier molecular flexibility index (Phi) is 10.7. The van der Waals surface area contributed by atoms with Gasteiger partial charge in [0, 0.05) is 6.42 Å². The number of carboxylic acids is 2. The van der Waals surface area contributed by atoms with E-state index in [9.17, 15) is 29.1 Å². The Hall–Kier alpha value is -2.73. The van der Waals surface area contributed by atoms with E-state index < -0.39 is 66.9 Å². The minimum atomic E-state index is -1.42. The fourth-order valence-electron chi connectivity index (χ4n) is 1.95. The van der Waals surface area contributed by atoms with Crippen LogP contribution in [-0.4, -0.2) is 75.8 Å². The van der Waals surface area contributed by atoms with Gasteiger partial charge in [-0.1, -0.05) is 13.8 Å². The molecule has 8 N–H and O–H groups in total. The van der Waals surface area contributed by atoms with Gasteiger partial charge in [0.05, 0.1) is 12.6 Å². The molecule has 3 amide bonds. The van der Waals surface area contributed by atoms with Crippen molar-refractivity contribution in [2.75, 3.05) is 6.61 Å². The molecule has 0 aliphatic heterocycles. The van der Waals surface area contributed by atoms with Crippen molar-refractivity contribution in [2.24, 2.45) is 11.7 Å². The standard InChI is InChI=1S/C16H28N4O8/c1-7(2)12(17)15(26)20-10(6-21)14(25)19-9(4-5-11(22)23)13(24)18-8(3)16(27)28/h7-10,12,21H,4-6,17H2,1-3H3,(H,18,24)(H,19,25)(H,20,26)(H,22,23)(H,27,28). The van der Waals surface area contributed by atoms with Crippen LogP contribution >= 0.6 is 0 Å². The first kappa shape index (κ1) is 25.3. The Morgan fingerprint density at radius 1 is 0.857 bits per heavy atom. The summed E-state index contributed by atoms with van der Waals surface area (Å²) < 4.78 is 0. The van der Waals surface area contributed by atoms with Crippen molar-refractivity contribution >= 4 is 29.7 Å². The van der Waals surface area contributed by atoms with Crippen molar-refractivity contribution in [3.8, 4) is 0 Å². The highest BCUT2D eigenvalue weighted by Gasteiger charge is 2.29. The van der Waals surface area contributed by atoms with Gasteiger partial charge in [-0.25, -0.2) is 0 Å². The Morgan fingerprint density at radius 3 is 1.79 bits per heavy atom. The van der Waals surface area contributed by atoms with E-state index in [1.165, 1.54) is 6.92 Å². The normalized spacial score (nSPS) is 15.1. The SMILES string of the molecule is CC(NC(=O)C(CCC(=O)O)NC(=O)C(CO)NC(=O)C(N)C(C)C)C(=O)O. The molecule has 0 spiro atoms. The summed E-state index contributed by atoms with van der Waals surface area (Å²) in [4.78, 5) is 58.1. The Labute approximate surface area is 161 Å². The Morgan fingerprint density at radius 2 is 1.36 bits per heavy atom. The van der Waals surface area contributed by atoms with Crippen LogP contribution in [0.5, 0.6) is 0 Å². The van der Waals surface area contributed by atoms with Gasteiger partial charge in [0.25, 0.3) is 0 Å². The van der Waals surface area contributed by atoms with Crippen LogP contribution in [0.2, 0.25) is 0 Å².